The molecule has 0 unspecified atom stereocenters. The van der Waals surface area contributed by atoms with Gasteiger partial charge in [0.05, 0.1) is 12.6 Å². The third kappa shape index (κ3) is 4.89. The van der Waals surface area contributed by atoms with E-state index in [1.165, 1.54) is 87.2 Å². The van der Waals surface area contributed by atoms with Crippen LogP contribution in [0.1, 0.15) is 37.5 Å². The fraction of sp³-hybridized carbons (Fsp3) is 0.159. The Balaban J connectivity index is 1.45. The highest BCUT2D eigenvalue weighted by atomic mass is 32.1. The molecule has 8 aromatic rings. The summed E-state index contributed by atoms with van der Waals surface area (Å²) in [7, 11) is 2.22. The molecule has 0 aliphatic carbocycles. The summed E-state index contributed by atoms with van der Waals surface area (Å²) >= 11 is 1.90. The highest BCUT2D eigenvalue weighted by Crippen LogP contribution is 2.43. The van der Waals surface area contributed by atoms with Crippen LogP contribution >= 0.6 is 11.3 Å². The van der Waals surface area contributed by atoms with Gasteiger partial charge in [-0.2, -0.15) is 4.57 Å². The lowest BCUT2D eigenvalue weighted by atomic mass is 9.85. The molecule has 2 heterocycles. The van der Waals surface area contributed by atoms with Gasteiger partial charge in [-0.1, -0.05) is 112 Å². The van der Waals surface area contributed by atoms with Crippen molar-refractivity contribution >= 4 is 42.5 Å². The van der Waals surface area contributed by atoms with Crippen LogP contribution in [0.3, 0.4) is 0 Å². The van der Waals surface area contributed by atoms with Crippen LogP contribution in [0.5, 0.6) is 0 Å². The van der Waals surface area contributed by atoms with E-state index in [4.69, 9.17) is 0 Å². The average Bonchev–Trinajstić information content (AvgIpc) is 3.57. The first-order chi connectivity index (χ1) is 22.7. The summed E-state index contributed by atoms with van der Waals surface area (Å²) in [4.78, 5) is 0. The van der Waals surface area contributed by atoms with Gasteiger partial charge in [0.15, 0.2) is 11.0 Å². The molecule has 6 aromatic carbocycles. The van der Waals surface area contributed by atoms with Gasteiger partial charge in [-0.25, -0.2) is 4.57 Å². The maximum atomic E-state index is 2.51. The number of fused-ring (bicyclic) bond motifs is 4. The Kier molecular flexibility index (Phi) is 6.93. The first-order valence-corrected chi connectivity index (χ1v) is 17.2. The third-order valence-electron chi connectivity index (χ3n) is 9.62. The van der Waals surface area contributed by atoms with E-state index in [-0.39, 0.29) is 5.41 Å². The molecule has 0 saturated carbocycles. The minimum Gasteiger partial charge on any atom is -0.225 e. The van der Waals surface area contributed by atoms with Crippen molar-refractivity contribution in [3.8, 4) is 39.3 Å². The fourth-order valence-corrected chi connectivity index (χ4v) is 8.42. The first kappa shape index (κ1) is 29.4. The zero-order chi connectivity index (χ0) is 32.4. The zero-order valence-corrected chi connectivity index (χ0v) is 28.7. The maximum Gasteiger partial charge on any atom is 0.295 e. The molecule has 2 aromatic heterocycles. The SMILES string of the molecule is Cc1ccc2c(c1)n(-c1ccc(C(C)(C)C)cc1-c1ccccc1)c(-c1cc3c(cc1C)sc1c(-c4ccccc4)cccc13)[n+]2C. The molecule has 0 spiro atoms. The van der Waals surface area contributed by atoms with Crippen LogP contribution in [0.2, 0.25) is 0 Å². The van der Waals surface area contributed by atoms with E-state index in [0.717, 1.165) is 0 Å². The van der Waals surface area contributed by atoms with Crippen molar-refractivity contribution in [2.75, 3.05) is 0 Å². The smallest absolute Gasteiger partial charge is 0.225 e. The lowest BCUT2D eigenvalue weighted by Gasteiger charge is -2.21. The Morgan fingerprint density at radius 2 is 1.32 bits per heavy atom. The van der Waals surface area contributed by atoms with Gasteiger partial charge in [0.2, 0.25) is 0 Å². The molecule has 0 fully saturated rings. The second-order valence-electron chi connectivity index (χ2n) is 13.9. The van der Waals surface area contributed by atoms with Gasteiger partial charge < -0.3 is 0 Å². The van der Waals surface area contributed by atoms with Gasteiger partial charge >= 0.3 is 0 Å². The number of imidazole rings is 1. The van der Waals surface area contributed by atoms with Crippen molar-refractivity contribution in [2.24, 2.45) is 7.05 Å². The predicted octanol–water partition coefficient (Wildman–Crippen LogP) is 11.7. The van der Waals surface area contributed by atoms with Gasteiger partial charge in [0, 0.05) is 25.7 Å². The number of hydrogen-bond acceptors (Lipinski definition) is 1. The number of benzene rings is 6. The molecule has 0 amide bonds. The van der Waals surface area contributed by atoms with E-state index >= 15 is 0 Å². The number of nitrogens with zero attached hydrogens (tertiary/aromatic N) is 2. The third-order valence-corrected chi connectivity index (χ3v) is 10.8. The molecule has 47 heavy (non-hydrogen) atoms. The van der Waals surface area contributed by atoms with Crippen molar-refractivity contribution in [1.82, 2.24) is 4.57 Å². The zero-order valence-electron chi connectivity index (χ0n) is 27.9. The van der Waals surface area contributed by atoms with Crippen LogP contribution < -0.4 is 4.57 Å². The molecular formula is C44H39N2S+. The molecule has 0 bridgehead atoms. The lowest BCUT2D eigenvalue weighted by molar-refractivity contribution is -0.633. The van der Waals surface area contributed by atoms with Gasteiger partial charge in [-0.3, -0.25) is 0 Å². The first-order valence-electron chi connectivity index (χ1n) is 16.4. The normalized spacial score (nSPS) is 12.0. The average molecular weight is 628 g/mol. The number of thiophene rings is 1. The summed E-state index contributed by atoms with van der Waals surface area (Å²) in [5.41, 5.74) is 13.8. The molecule has 230 valence electrons. The lowest BCUT2D eigenvalue weighted by Crippen LogP contribution is -2.30. The summed E-state index contributed by atoms with van der Waals surface area (Å²) in [5, 5.41) is 2.62. The van der Waals surface area contributed by atoms with Crippen molar-refractivity contribution in [2.45, 2.75) is 40.0 Å². The van der Waals surface area contributed by atoms with E-state index in [1.807, 2.05) is 11.3 Å². The van der Waals surface area contributed by atoms with Gasteiger partial charge in [-0.05, 0) is 89.0 Å². The standard InChI is InChI=1S/C44H39N2S/c1-28-20-22-39-40(24-28)46(38-23-21-32(44(3,4)5)26-36(38)31-16-11-8-12-17-31)43(45(39)6)35-27-37-34-19-13-18-33(30-14-9-7-10-15-30)42(34)47-41(37)25-29(35)2/h7-27H,1-6H3/q+1. The van der Waals surface area contributed by atoms with Crippen LogP contribution in [-0.4, -0.2) is 4.57 Å². The molecule has 0 aliphatic heterocycles. The van der Waals surface area contributed by atoms with E-state index in [9.17, 15) is 0 Å². The minimum atomic E-state index is 0.0329. The fourth-order valence-electron chi connectivity index (χ4n) is 7.10. The summed E-state index contributed by atoms with van der Waals surface area (Å²) in [6, 6.07) is 47.1. The van der Waals surface area contributed by atoms with Crippen molar-refractivity contribution in [3.05, 3.63) is 144 Å². The molecule has 3 heteroatoms. The second-order valence-corrected chi connectivity index (χ2v) is 14.9. The Morgan fingerprint density at radius 1 is 0.617 bits per heavy atom. The van der Waals surface area contributed by atoms with Gasteiger partial charge in [-0.15, -0.1) is 11.3 Å². The Bertz CT molecular complexity index is 2460. The largest absolute Gasteiger partial charge is 0.295 e. The number of hydrogen-bond donors (Lipinski definition) is 0. The van der Waals surface area contributed by atoms with Crippen molar-refractivity contribution in [1.29, 1.82) is 0 Å². The molecule has 2 nitrogen and oxygen atoms in total. The van der Waals surface area contributed by atoms with Crippen LogP contribution in [0.4, 0.5) is 0 Å². The van der Waals surface area contributed by atoms with E-state index in [1.54, 1.807) is 0 Å². The number of aryl methyl sites for hydroxylation is 3. The highest BCUT2D eigenvalue weighted by Gasteiger charge is 2.30. The van der Waals surface area contributed by atoms with Crippen LogP contribution in [-0.2, 0) is 12.5 Å². The molecule has 8 rings (SSSR count). The van der Waals surface area contributed by atoms with Gasteiger partial charge in [0.1, 0.15) is 5.69 Å². The monoisotopic (exact) mass is 627 g/mol. The summed E-state index contributed by atoms with van der Waals surface area (Å²) in [6.45, 7) is 11.3. The predicted molar refractivity (Wildman–Crippen MR) is 202 cm³/mol. The topological polar surface area (TPSA) is 8.81 Å². The van der Waals surface area contributed by atoms with E-state index < -0.39 is 0 Å². The van der Waals surface area contributed by atoms with Crippen molar-refractivity contribution in [3.63, 3.8) is 0 Å². The molecule has 0 radical (unpaired) electrons. The van der Waals surface area contributed by atoms with E-state index in [2.05, 4.69) is 178 Å². The Labute approximate surface area is 281 Å². The number of aromatic nitrogens is 2. The quantitative estimate of drug-likeness (QED) is 0.172. The summed E-state index contributed by atoms with van der Waals surface area (Å²) in [5.74, 6) is 1.18. The summed E-state index contributed by atoms with van der Waals surface area (Å²) in [6.07, 6.45) is 0. The molecule has 0 saturated heterocycles. The minimum absolute atomic E-state index is 0.0329. The second kappa shape index (κ2) is 11.1. The van der Waals surface area contributed by atoms with Crippen LogP contribution in [0.15, 0.2) is 127 Å². The highest BCUT2D eigenvalue weighted by molar-refractivity contribution is 7.26. The molecule has 0 N–H and O–H groups in total. The molecular weight excluding hydrogens is 589 g/mol. The van der Waals surface area contributed by atoms with Crippen LogP contribution in [0.25, 0.3) is 70.5 Å². The van der Waals surface area contributed by atoms with Crippen LogP contribution in [0, 0.1) is 13.8 Å². The Morgan fingerprint density at radius 3 is 2.02 bits per heavy atom. The maximum absolute atomic E-state index is 2.51. The summed E-state index contributed by atoms with van der Waals surface area (Å²) < 4.78 is 7.56. The van der Waals surface area contributed by atoms with Crippen molar-refractivity contribution < 1.29 is 4.57 Å². The number of rotatable bonds is 4. The molecule has 0 atom stereocenters. The Hall–Kier alpha value is -4.99. The molecule has 0 aliphatic rings. The van der Waals surface area contributed by atoms with E-state index in [0.29, 0.717) is 0 Å². The van der Waals surface area contributed by atoms with Gasteiger partial charge in [0.25, 0.3) is 5.82 Å².